The van der Waals surface area contributed by atoms with Gasteiger partial charge in [0.1, 0.15) is 0 Å². The quantitative estimate of drug-likeness (QED) is 0.674. The summed E-state index contributed by atoms with van der Waals surface area (Å²) in [6.07, 6.45) is -4.63. The lowest BCUT2D eigenvalue weighted by Crippen LogP contribution is -2.51. The monoisotopic (exact) mass is 489 g/mol. The van der Waals surface area contributed by atoms with E-state index in [1.165, 1.54) is 0 Å². The number of hydrogen-bond donors (Lipinski definition) is 1. The Balaban J connectivity index is 1.57. The Morgan fingerprint density at radius 3 is 2.38 bits per heavy atom. The first kappa shape index (κ1) is 24.5. The molecule has 1 amide bonds. The number of nitrogens with zero attached hydrogens (tertiary/aromatic N) is 2. The van der Waals surface area contributed by atoms with Crippen molar-refractivity contribution in [2.24, 2.45) is 0 Å². The maximum absolute atomic E-state index is 12.9. The molecule has 1 fully saturated rings. The molecule has 0 bridgehead atoms. The third kappa shape index (κ3) is 5.80. The zero-order valence-electron chi connectivity index (χ0n) is 17.3. The Morgan fingerprint density at radius 2 is 1.75 bits per heavy atom. The van der Waals surface area contributed by atoms with E-state index >= 15 is 0 Å². The molecule has 0 aliphatic carbocycles. The second-order valence-electron chi connectivity index (χ2n) is 7.52. The van der Waals surface area contributed by atoms with Crippen LogP contribution in [0.15, 0.2) is 53.4 Å². The van der Waals surface area contributed by atoms with Gasteiger partial charge < -0.3 is 5.32 Å². The number of carbonyl (C=O) groups is 1. The number of halogens is 4. The van der Waals surface area contributed by atoms with Gasteiger partial charge in [0.2, 0.25) is 15.9 Å². The van der Waals surface area contributed by atoms with Crippen molar-refractivity contribution in [2.75, 3.05) is 32.7 Å². The molecule has 32 heavy (non-hydrogen) atoms. The van der Waals surface area contributed by atoms with Gasteiger partial charge in [-0.15, -0.1) is 0 Å². The van der Waals surface area contributed by atoms with Crippen LogP contribution in [0.5, 0.6) is 0 Å². The first-order valence-electron chi connectivity index (χ1n) is 9.92. The molecule has 0 spiro atoms. The van der Waals surface area contributed by atoms with Crippen molar-refractivity contribution in [3.63, 3.8) is 0 Å². The highest BCUT2D eigenvalue weighted by molar-refractivity contribution is 7.89. The van der Waals surface area contributed by atoms with Crippen LogP contribution in [0.4, 0.5) is 13.2 Å². The van der Waals surface area contributed by atoms with Crippen molar-refractivity contribution >= 4 is 27.5 Å². The molecule has 174 valence electrons. The minimum absolute atomic E-state index is 0.0753. The molecular weight excluding hydrogens is 467 g/mol. The molecular formula is C21H23ClF3N3O3S. The summed E-state index contributed by atoms with van der Waals surface area (Å²) in [5, 5.41) is 3.42. The molecule has 0 aromatic heterocycles. The van der Waals surface area contributed by atoms with E-state index in [9.17, 15) is 26.4 Å². The van der Waals surface area contributed by atoms with Gasteiger partial charge in [0.05, 0.1) is 23.0 Å². The summed E-state index contributed by atoms with van der Waals surface area (Å²) in [7, 11) is -4.07. The molecule has 2 aromatic rings. The lowest BCUT2D eigenvalue weighted by atomic mass is 10.1. The van der Waals surface area contributed by atoms with Crippen LogP contribution in [0, 0.1) is 0 Å². The number of nitrogens with one attached hydrogen (secondary N) is 1. The lowest BCUT2D eigenvalue weighted by molar-refractivity contribution is -0.137. The fourth-order valence-corrected chi connectivity index (χ4v) is 5.27. The highest BCUT2D eigenvalue weighted by Gasteiger charge is 2.34. The average molecular weight is 490 g/mol. The number of rotatable bonds is 6. The second kappa shape index (κ2) is 9.78. The minimum Gasteiger partial charge on any atom is -0.348 e. The molecule has 1 heterocycles. The predicted octanol–water partition coefficient (Wildman–Crippen LogP) is 3.54. The number of amides is 1. The molecule has 1 aliphatic heterocycles. The van der Waals surface area contributed by atoms with E-state index in [-0.39, 0.29) is 44.7 Å². The summed E-state index contributed by atoms with van der Waals surface area (Å²) in [5.74, 6) is -0.230. The van der Waals surface area contributed by atoms with Crippen LogP contribution >= 0.6 is 11.6 Å². The van der Waals surface area contributed by atoms with Crippen molar-refractivity contribution in [3.05, 3.63) is 64.7 Å². The van der Waals surface area contributed by atoms with Crippen molar-refractivity contribution in [3.8, 4) is 0 Å². The molecule has 2 aromatic carbocycles. The van der Waals surface area contributed by atoms with Gasteiger partial charge in [0, 0.05) is 31.2 Å². The van der Waals surface area contributed by atoms with E-state index < -0.39 is 26.7 Å². The molecule has 0 unspecified atom stereocenters. The van der Waals surface area contributed by atoms with Gasteiger partial charge in [0.25, 0.3) is 0 Å². The molecule has 6 nitrogen and oxygen atoms in total. The van der Waals surface area contributed by atoms with Gasteiger partial charge >= 0.3 is 6.18 Å². The Bertz CT molecular complexity index is 1070. The van der Waals surface area contributed by atoms with Crippen LogP contribution < -0.4 is 5.32 Å². The van der Waals surface area contributed by atoms with E-state index in [2.05, 4.69) is 5.32 Å². The maximum atomic E-state index is 12.9. The molecule has 11 heteroatoms. The topological polar surface area (TPSA) is 69.7 Å². The van der Waals surface area contributed by atoms with Gasteiger partial charge in [-0.05, 0) is 36.8 Å². The summed E-state index contributed by atoms with van der Waals surface area (Å²) >= 11 is 6.15. The number of hydrogen-bond acceptors (Lipinski definition) is 4. The Morgan fingerprint density at radius 1 is 1.09 bits per heavy atom. The fourth-order valence-electron chi connectivity index (χ4n) is 3.50. The Kier molecular flexibility index (Phi) is 7.49. The maximum Gasteiger partial charge on any atom is 0.416 e. The highest BCUT2D eigenvalue weighted by atomic mass is 35.5. The molecule has 3 rings (SSSR count). The predicted molar refractivity (Wildman–Crippen MR) is 115 cm³/mol. The van der Waals surface area contributed by atoms with Crippen molar-refractivity contribution in [2.45, 2.75) is 24.0 Å². The van der Waals surface area contributed by atoms with Crippen LogP contribution in [-0.4, -0.2) is 56.3 Å². The van der Waals surface area contributed by atoms with Gasteiger partial charge in [0.15, 0.2) is 0 Å². The largest absolute Gasteiger partial charge is 0.416 e. The van der Waals surface area contributed by atoms with Gasteiger partial charge in [-0.3, -0.25) is 9.69 Å². The zero-order valence-corrected chi connectivity index (χ0v) is 18.8. The van der Waals surface area contributed by atoms with Crippen molar-refractivity contribution in [1.29, 1.82) is 0 Å². The molecule has 0 saturated carbocycles. The fraction of sp³-hybridized carbons (Fsp3) is 0.381. The first-order valence-corrected chi connectivity index (χ1v) is 11.7. The van der Waals surface area contributed by atoms with Gasteiger partial charge in [-0.1, -0.05) is 35.9 Å². The second-order valence-corrected chi connectivity index (χ2v) is 9.86. The smallest absolute Gasteiger partial charge is 0.348 e. The average Bonchev–Trinajstić information content (AvgIpc) is 2.74. The molecule has 1 atom stereocenters. The summed E-state index contributed by atoms with van der Waals surface area (Å²) in [5.41, 5.74) is -0.221. The summed E-state index contributed by atoms with van der Waals surface area (Å²) < 4.78 is 65.5. The highest BCUT2D eigenvalue weighted by Crippen LogP contribution is 2.31. The normalized spacial score (nSPS) is 17.2. The van der Waals surface area contributed by atoms with Crippen LogP contribution in [0.3, 0.4) is 0 Å². The van der Waals surface area contributed by atoms with E-state index in [0.29, 0.717) is 11.1 Å². The van der Waals surface area contributed by atoms with Crippen LogP contribution in [0.1, 0.15) is 24.1 Å². The minimum atomic E-state index is -4.63. The number of piperazine rings is 1. The van der Waals surface area contributed by atoms with Crippen LogP contribution in [0.2, 0.25) is 5.02 Å². The molecule has 1 aliphatic rings. The lowest BCUT2D eigenvalue weighted by Gasteiger charge is -2.33. The van der Waals surface area contributed by atoms with E-state index in [1.54, 1.807) is 17.0 Å². The zero-order chi connectivity index (χ0) is 23.5. The summed E-state index contributed by atoms with van der Waals surface area (Å²) in [6.45, 7) is 2.61. The third-order valence-corrected chi connectivity index (χ3v) is 7.49. The van der Waals surface area contributed by atoms with Gasteiger partial charge in [-0.25, -0.2) is 8.42 Å². The van der Waals surface area contributed by atoms with Crippen molar-refractivity contribution < 1.29 is 26.4 Å². The summed E-state index contributed by atoms with van der Waals surface area (Å²) in [4.78, 5) is 13.8. The van der Waals surface area contributed by atoms with E-state index in [0.717, 1.165) is 28.1 Å². The van der Waals surface area contributed by atoms with E-state index in [1.807, 2.05) is 19.1 Å². The van der Waals surface area contributed by atoms with E-state index in [4.69, 9.17) is 11.6 Å². The summed E-state index contributed by atoms with van der Waals surface area (Å²) in [6, 6.07) is 10.6. The number of sulfonamides is 1. The molecule has 0 radical (unpaired) electrons. The number of benzene rings is 2. The Labute approximate surface area is 190 Å². The SMILES string of the molecule is C[C@@H](NC(=O)CN1CCN(S(=O)(=O)c2cccc(C(F)(F)F)c2)CC1)c1ccccc1Cl. The standard InChI is InChI=1S/C21H23ClF3N3O3S/c1-15(18-7-2-3-8-19(18)22)26-20(29)14-27-9-11-28(12-10-27)32(30,31)17-6-4-5-16(13-17)21(23,24)25/h2-8,13,15H,9-12,14H2,1H3,(H,26,29)/t15-/m1/s1. The van der Waals surface area contributed by atoms with Crippen LogP contribution in [-0.2, 0) is 21.0 Å². The van der Waals surface area contributed by atoms with Crippen LogP contribution in [0.25, 0.3) is 0 Å². The third-order valence-electron chi connectivity index (χ3n) is 5.25. The number of carbonyl (C=O) groups excluding carboxylic acids is 1. The first-order chi connectivity index (χ1) is 15.0. The number of alkyl halides is 3. The molecule has 1 saturated heterocycles. The Hall–Kier alpha value is -2.14. The molecule has 1 N–H and O–H groups in total. The van der Waals surface area contributed by atoms with Crippen molar-refractivity contribution in [1.82, 2.24) is 14.5 Å². The van der Waals surface area contributed by atoms with Gasteiger partial charge in [-0.2, -0.15) is 17.5 Å².